The smallest absolute Gasteiger partial charge is 0.0246 e. The predicted molar refractivity (Wildman–Crippen MR) is 74.0 cm³/mol. The molecule has 2 heteroatoms. The van der Waals surface area contributed by atoms with Crippen LogP contribution in [0.4, 0.5) is 0 Å². The van der Waals surface area contributed by atoms with E-state index in [1.165, 1.54) is 64.5 Å². The van der Waals surface area contributed by atoms with Crippen LogP contribution < -0.4 is 5.73 Å². The molecule has 1 saturated heterocycles. The number of hydrogen-bond acceptors (Lipinski definition) is 2. The van der Waals surface area contributed by atoms with Crippen LogP contribution in [-0.4, -0.2) is 30.6 Å². The molecule has 0 amide bonds. The Morgan fingerprint density at radius 2 is 1.82 bits per heavy atom. The first-order valence-electron chi connectivity index (χ1n) is 7.79. The van der Waals surface area contributed by atoms with Gasteiger partial charge in [0.2, 0.25) is 0 Å². The average molecular weight is 238 g/mol. The van der Waals surface area contributed by atoms with E-state index in [-0.39, 0.29) is 0 Å². The van der Waals surface area contributed by atoms with Gasteiger partial charge in [-0.25, -0.2) is 0 Å². The lowest BCUT2D eigenvalue weighted by Gasteiger charge is -2.34. The lowest BCUT2D eigenvalue weighted by Crippen LogP contribution is -2.45. The van der Waals surface area contributed by atoms with Crippen LogP contribution in [0.3, 0.4) is 0 Å². The van der Waals surface area contributed by atoms with E-state index >= 15 is 0 Å². The molecule has 0 bridgehead atoms. The molecule has 2 nitrogen and oxygen atoms in total. The minimum absolute atomic E-state index is 0.688. The van der Waals surface area contributed by atoms with Crippen LogP contribution in [0.25, 0.3) is 0 Å². The number of hydrogen-bond donors (Lipinski definition) is 1. The molecule has 0 aromatic rings. The Kier molecular flexibility index (Phi) is 5.30. The van der Waals surface area contributed by atoms with Crippen LogP contribution in [0.15, 0.2) is 0 Å². The second kappa shape index (κ2) is 6.75. The molecule has 2 atom stereocenters. The molecule has 1 saturated carbocycles. The van der Waals surface area contributed by atoms with Crippen molar-refractivity contribution in [3.63, 3.8) is 0 Å². The van der Waals surface area contributed by atoms with Gasteiger partial charge in [0.25, 0.3) is 0 Å². The molecule has 2 rings (SSSR count). The van der Waals surface area contributed by atoms with E-state index < -0.39 is 0 Å². The summed E-state index contributed by atoms with van der Waals surface area (Å²) in [4.78, 5) is 2.73. The highest BCUT2D eigenvalue weighted by atomic mass is 15.2. The zero-order valence-electron chi connectivity index (χ0n) is 11.5. The van der Waals surface area contributed by atoms with Gasteiger partial charge in [-0.1, -0.05) is 26.2 Å². The first-order chi connectivity index (χ1) is 8.35. The molecule has 0 aromatic carbocycles. The number of nitrogens with zero attached hydrogens (tertiary/aromatic N) is 1. The van der Waals surface area contributed by atoms with Gasteiger partial charge in [0, 0.05) is 12.6 Å². The first-order valence-corrected chi connectivity index (χ1v) is 7.79. The lowest BCUT2D eigenvalue weighted by molar-refractivity contribution is 0.150. The standard InChI is InChI=1S/C15H30N2/c1-2-13-6-5-10-17(11-9-13)15(12-16)14-7-3-4-8-14/h13-15H,2-12,16H2,1H3. The third-order valence-electron chi connectivity index (χ3n) is 5.11. The topological polar surface area (TPSA) is 29.3 Å². The van der Waals surface area contributed by atoms with Gasteiger partial charge >= 0.3 is 0 Å². The van der Waals surface area contributed by atoms with Crippen LogP contribution >= 0.6 is 0 Å². The maximum absolute atomic E-state index is 6.06. The van der Waals surface area contributed by atoms with Crippen molar-refractivity contribution in [3.05, 3.63) is 0 Å². The largest absolute Gasteiger partial charge is 0.329 e. The van der Waals surface area contributed by atoms with Crippen molar-refractivity contribution < 1.29 is 0 Å². The van der Waals surface area contributed by atoms with Crippen LogP contribution in [0.2, 0.25) is 0 Å². The molecular weight excluding hydrogens is 208 g/mol. The normalized spacial score (nSPS) is 30.4. The summed E-state index contributed by atoms with van der Waals surface area (Å²) in [5.74, 6) is 1.88. The second-order valence-corrected chi connectivity index (χ2v) is 6.09. The molecule has 2 unspecified atom stereocenters. The van der Waals surface area contributed by atoms with Crippen molar-refractivity contribution in [2.45, 2.75) is 64.3 Å². The van der Waals surface area contributed by atoms with E-state index in [0.717, 1.165) is 18.4 Å². The summed E-state index contributed by atoms with van der Waals surface area (Å²) in [6.07, 6.45) is 11.3. The zero-order chi connectivity index (χ0) is 12.1. The Labute approximate surface area is 107 Å². The van der Waals surface area contributed by atoms with Crippen LogP contribution in [0.1, 0.15) is 58.3 Å². The summed E-state index contributed by atoms with van der Waals surface area (Å²) in [6.45, 7) is 5.82. The summed E-state index contributed by atoms with van der Waals surface area (Å²) < 4.78 is 0. The fourth-order valence-corrected chi connectivity index (χ4v) is 3.91. The molecule has 2 aliphatic rings. The first kappa shape index (κ1) is 13.4. The highest BCUT2D eigenvalue weighted by Gasteiger charge is 2.29. The monoisotopic (exact) mass is 238 g/mol. The SMILES string of the molecule is CCC1CCCN(C(CN)C2CCCC2)CC1. The van der Waals surface area contributed by atoms with E-state index in [1.807, 2.05) is 0 Å². The van der Waals surface area contributed by atoms with Crippen molar-refractivity contribution in [1.29, 1.82) is 0 Å². The number of rotatable bonds is 4. The Bertz CT molecular complexity index is 211. The molecule has 1 aliphatic heterocycles. The highest BCUT2D eigenvalue weighted by molar-refractivity contribution is 4.85. The maximum atomic E-state index is 6.06. The maximum Gasteiger partial charge on any atom is 0.0246 e. The molecule has 2 fully saturated rings. The number of nitrogens with two attached hydrogens (primary N) is 1. The molecule has 0 radical (unpaired) electrons. The van der Waals surface area contributed by atoms with Crippen LogP contribution in [0.5, 0.6) is 0 Å². The summed E-state index contributed by atoms with van der Waals surface area (Å²) in [5.41, 5.74) is 6.06. The molecular formula is C15H30N2. The van der Waals surface area contributed by atoms with Crippen LogP contribution in [-0.2, 0) is 0 Å². The fourth-order valence-electron chi connectivity index (χ4n) is 3.91. The fraction of sp³-hybridized carbons (Fsp3) is 1.00. The second-order valence-electron chi connectivity index (χ2n) is 6.09. The van der Waals surface area contributed by atoms with E-state index in [1.54, 1.807) is 0 Å². The van der Waals surface area contributed by atoms with Crippen molar-refractivity contribution in [2.24, 2.45) is 17.6 Å². The Balaban J connectivity index is 1.89. The summed E-state index contributed by atoms with van der Waals surface area (Å²) in [7, 11) is 0. The van der Waals surface area contributed by atoms with Gasteiger partial charge in [-0.15, -0.1) is 0 Å². The molecule has 1 aliphatic carbocycles. The van der Waals surface area contributed by atoms with Crippen LogP contribution in [0, 0.1) is 11.8 Å². The zero-order valence-corrected chi connectivity index (χ0v) is 11.5. The Morgan fingerprint density at radius 1 is 1.06 bits per heavy atom. The van der Waals surface area contributed by atoms with Gasteiger partial charge in [-0.2, -0.15) is 0 Å². The quantitative estimate of drug-likeness (QED) is 0.816. The van der Waals surface area contributed by atoms with Crippen molar-refractivity contribution in [1.82, 2.24) is 4.90 Å². The third-order valence-corrected chi connectivity index (χ3v) is 5.11. The number of likely N-dealkylation sites (tertiary alicyclic amines) is 1. The van der Waals surface area contributed by atoms with Crippen molar-refractivity contribution in [2.75, 3.05) is 19.6 Å². The van der Waals surface area contributed by atoms with Gasteiger partial charge in [-0.3, -0.25) is 4.90 Å². The van der Waals surface area contributed by atoms with E-state index in [0.29, 0.717) is 6.04 Å². The van der Waals surface area contributed by atoms with E-state index in [9.17, 15) is 0 Å². The summed E-state index contributed by atoms with van der Waals surface area (Å²) in [5, 5.41) is 0. The third kappa shape index (κ3) is 3.45. The van der Waals surface area contributed by atoms with Gasteiger partial charge in [0.1, 0.15) is 0 Å². The van der Waals surface area contributed by atoms with E-state index in [2.05, 4.69) is 11.8 Å². The molecule has 17 heavy (non-hydrogen) atoms. The minimum atomic E-state index is 0.688. The van der Waals surface area contributed by atoms with Gasteiger partial charge in [0.05, 0.1) is 0 Å². The molecule has 0 aromatic heterocycles. The van der Waals surface area contributed by atoms with E-state index in [4.69, 9.17) is 5.73 Å². The predicted octanol–water partition coefficient (Wildman–Crippen LogP) is 3.02. The molecule has 0 spiro atoms. The van der Waals surface area contributed by atoms with Gasteiger partial charge in [0.15, 0.2) is 0 Å². The minimum Gasteiger partial charge on any atom is -0.329 e. The van der Waals surface area contributed by atoms with Gasteiger partial charge in [-0.05, 0) is 57.0 Å². The highest BCUT2D eigenvalue weighted by Crippen LogP contribution is 2.31. The van der Waals surface area contributed by atoms with Crippen molar-refractivity contribution >= 4 is 0 Å². The average Bonchev–Trinajstić information content (AvgIpc) is 2.76. The molecule has 2 N–H and O–H groups in total. The van der Waals surface area contributed by atoms with Gasteiger partial charge < -0.3 is 5.73 Å². The molecule has 100 valence electrons. The summed E-state index contributed by atoms with van der Waals surface area (Å²) >= 11 is 0. The lowest BCUT2D eigenvalue weighted by atomic mass is 9.96. The van der Waals surface area contributed by atoms with Crippen molar-refractivity contribution in [3.8, 4) is 0 Å². The molecule has 1 heterocycles. The summed E-state index contributed by atoms with van der Waals surface area (Å²) in [6, 6.07) is 0.688. The Morgan fingerprint density at radius 3 is 2.47 bits per heavy atom. The Hall–Kier alpha value is -0.0800.